The monoisotopic (exact) mass is 320 g/mol. The average molecular weight is 320 g/mol. The van der Waals surface area contributed by atoms with Crippen molar-refractivity contribution in [3.05, 3.63) is 17.0 Å². The van der Waals surface area contributed by atoms with Gasteiger partial charge in [-0.1, -0.05) is 5.16 Å². The van der Waals surface area contributed by atoms with Crippen LogP contribution in [-0.4, -0.2) is 55.0 Å². The smallest absolute Gasteiger partial charge is 0.271 e. The normalized spacial score (nSPS) is 21.4. The van der Waals surface area contributed by atoms with Gasteiger partial charge >= 0.3 is 0 Å². The van der Waals surface area contributed by atoms with Crippen molar-refractivity contribution in [2.75, 3.05) is 33.2 Å². The molecule has 7 heteroatoms. The Morgan fingerprint density at radius 1 is 1.22 bits per heavy atom. The van der Waals surface area contributed by atoms with Gasteiger partial charge < -0.3 is 20.5 Å². The van der Waals surface area contributed by atoms with Crippen LogP contribution in [0.3, 0.4) is 0 Å². The number of piperidine rings is 2. The summed E-state index contributed by atoms with van der Waals surface area (Å²) < 4.78 is 5.32. The lowest BCUT2D eigenvalue weighted by molar-refractivity contribution is 0.0815. The van der Waals surface area contributed by atoms with Gasteiger partial charge in [-0.15, -0.1) is 0 Å². The van der Waals surface area contributed by atoms with E-state index in [1.807, 2.05) is 0 Å². The van der Waals surface area contributed by atoms with Crippen molar-refractivity contribution in [1.29, 1.82) is 0 Å². The molecule has 0 spiro atoms. The molecule has 2 fully saturated rings. The van der Waals surface area contributed by atoms with Crippen LogP contribution in [0.5, 0.6) is 0 Å². The Balaban J connectivity index is 1.89. The van der Waals surface area contributed by atoms with Crippen molar-refractivity contribution >= 4 is 11.7 Å². The van der Waals surface area contributed by atoms with Gasteiger partial charge in [-0.2, -0.15) is 0 Å². The van der Waals surface area contributed by atoms with Gasteiger partial charge in [0.05, 0.1) is 0 Å². The molecule has 2 aliphatic rings. The summed E-state index contributed by atoms with van der Waals surface area (Å²) >= 11 is 0. The summed E-state index contributed by atoms with van der Waals surface area (Å²) in [6.07, 6.45) is 3.34. The molecule has 0 saturated carbocycles. The van der Waals surface area contributed by atoms with Gasteiger partial charge in [0.25, 0.3) is 5.91 Å². The van der Waals surface area contributed by atoms with E-state index in [1.54, 1.807) is 0 Å². The van der Waals surface area contributed by atoms with Crippen LogP contribution in [0.2, 0.25) is 0 Å². The van der Waals surface area contributed by atoms with E-state index in [0.717, 1.165) is 51.9 Å². The Morgan fingerprint density at radius 3 is 2.48 bits per heavy atom. The maximum atomic E-state index is 12.9. The summed E-state index contributed by atoms with van der Waals surface area (Å²) in [5.74, 6) is -0.327. The fourth-order valence-corrected chi connectivity index (χ4v) is 3.60. The number of nitrogens with zero attached hydrogens (tertiary/aromatic N) is 2. The van der Waals surface area contributed by atoms with Gasteiger partial charge in [0, 0.05) is 11.5 Å². The lowest BCUT2D eigenvalue weighted by Gasteiger charge is -2.28. The molecule has 2 aliphatic heterocycles. The minimum Gasteiger partial charge on any atom is -0.364 e. The number of hydrogen-bond donors (Lipinski definition) is 2. The molecule has 0 unspecified atom stereocenters. The van der Waals surface area contributed by atoms with Gasteiger partial charge in [0.15, 0.2) is 5.69 Å². The van der Waals surface area contributed by atoms with E-state index in [-0.39, 0.29) is 29.1 Å². The highest BCUT2D eigenvalue weighted by Gasteiger charge is 2.35. The average Bonchev–Trinajstić information content (AvgIpc) is 3.01. The zero-order chi connectivity index (χ0) is 16.4. The van der Waals surface area contributed by atoms with Crippen LogP contribution < -0.4 is 11.1 Å². The Bertz CT molecular complexity index is 584. The first kappa shape index (κ1) is 16.1. The number of Topliss-reactive ketones (excluding diaryl/α,β-unsaturated/α-hetero) is 1. The molecule has 3 N–H and O–H groups in total. The number of aromatic nitrogens is 1. The molecule has 0 bridgehead atoms. The van der Waals surface area contributed by atoms with Crippen molar-refractivity contribution in [3.63, 3.8) is 0 Å². The molecule has 0 atom stereocenters. The van der Waals surface area contributed by atoms with Crippen LogP contribution >= 0.6 is 0 Å². The predicted octanol–water partition coefficient (Wildman–Crippen LogP) is 0.765. The van der Waals surface area contributed by atoms with Crippen molar-refractivity contribution in [3.8, 4) is 0 Å². The van der Waals surface area contributed by atoms with E-state index in [4.69, 9.17) is 10.3 Å². The van der Waals surface area contributed by atoms with E-state index in [1.165, 1.54) is 0 Å². The fraction of sp³-hybridized carbons (Fsp3) is 0.688. The first-order valence-corrected chi connectivity index (χ1v) is 8.30. The molecule has 1 aromatic heterocycles. The molecule has 2 saturated heterocycles. The molecular weight excluding hydrogens is 296 g/mol. The molecule has 0 aromatic carbocycles. The van der Waals surface area contributed by atoms with E-state index in [9.17, 15) is 9.59 Å². The van der Waals surface area contributed by atoms with Crippen molar-refractivity contribution in [2.24, 2.45) is 11.7 Å². The first-order valence-electron chi connectivity index (χ1n) is 8.30. The van der Waals surface area contributed by atoms with Gasteiger partial charge in [-0.3, -0.25) is 9.59 Å². The van der Waals surface area contributed by atoms with Crippen LogP contribution in [-0.2, 0) is 0 Å². The third-order valence-electron chi connectivity index (χ3n) is 5.02. The molecule has 23 heavy (non-hydrogen) atoms. The molecule has 7 nitrogen and oxygen atoms in total. The van der Waals surface area contributed by atoms with Gasteiger partial charge in [-0.25, -0.2) is 0 Å². The Hall–Kier alpha value is -1.73. The largest absolute Gasteiger partial charge is 0.364 e. The second kappa shape index (κ2) is 6.80. The number of nitrogens with one attached hydrogen (secondary N) is 1. The highest BCUT2D eigenvalue weighted by molar-refractivity contribution is 6.01. The van der Waals surface area contributed by atoms with Gasteiger partial charge in [-0.05, 0) is 64.8 Å². The van der Waals surface area contributed by atoms with E-state index < -0.39 is 5.91 Å². The zero-order valence-electron chi connectivity index (χ0n) is 13.5. The maximum Gasteiger partial charge on any atom is 0.271 e. The lowest BCUT2D eigenvalue weighted by atomic mass is 9.84. The number of carbonyl (C=O) groups is 2. The number of amides is 1. The second-order valence-corrected chi connectivity index (χ2v) is 6.60. The van der Waals surface area contributed by atoms with Crippen molar-refractivity contribution < 1.29 is 14.1 Å². The third kappa shape index (κ3) is 3.30. The van der Waals surface area contributed by atoms with Gasteiger partial charge in [0.1, 0.15) is 0 Å². The minimum absolute atomic E-state index is 0.0216. The SMILES string of the molecule is CN1CCC(C(=O)c2onc(C(N)=O)c2C2CCNCC2)CC1. The Morgan fingerprint density at radius 2 is 1.87 bits per heavy atom. The predicted molar refractivity (Wildman–Crippen MR) is 84.4 cm³/mol. The molecule has 0 radical (unpaired) electrons. The van der Waals surface area contributed by atoms with Crippen LogP contribution in [0, 0.1) is 5.92 Å². The molecule has 0 aliphatic carbocycles. The van der Waals surface area contributed by atoms with E-state index >= 15 is 0 Å². The van der Waals surface area contributed by atoms with Crippen LogP contribution in [0.15, 0.2) is 4.52 Å². The second-order valence-electron chi connectivity index (χ2n) is 6.60. The quantitative estimate of drug-likeness (QED) is 0.794. The number of likely N-dealkylation sites (tertiary alicyclic amines) is 1. The minimum atomic E-state index is -0.621. The first-order chi connectivity index (χ1) is 11.1. The van der Waals surface area contributed by atoms with Gasteiger partial charge in [0.2, 0.25) is 11.5 Å². The summed E-state index contributed by atoms with van der Waals surface area (Å²) in [6, 6.07) is 0. The van der Waals surface area contributed by atoms with Crippen LogP contribution in [0.25, 0.3) is 0 Å². The lowest BCUT2D eigenvalue weighted by Crippen LogP contribution is -2.34. The number of hydrogen-bond acceptors (Lipinski definition) is 6. The van der Waals surface area contributed by atoms with E-state index in [2.05, 4.69) is 22.4 Å². The number of carbonyl (C=O) groups excluding carboxylic acids is 2. The molecule has 3 heterocycles. The number of rotatable bonds is 4. The number of ketones is 1. The Labute approximate surface area is 135 Å². The molecular formula is C16H24N4O3. The maximum absolute atomic E-state index is 12.9. The fourth-order valence-electron chi connectivity index (χ4n) is 3.60. The molecule has 126 valence electrons. The van der Waals surface area contributed by atoms with E-state index in [0.29, 0.717) is 5.56 Å². The number of primary amides is 1. The summed E-state index contributed by atoms with van der Waals surface area (Å²) in [4.78, 5) is 26.8. The topological polar surface area (TPSA) is 101 Å². The standard InChI is InChI=1S/C16H24N4O3/c1-20-8-4-11(5-9-20)14(21)15-12(10-2-6-18-7-3-10)13(16(17)22)19-23-15/h10-11,18H,2-9H2,1H3,(H2,17,22). The summed E-state index contributed by atoms with van der Waals surface area (Å²) in [5, 5.41) is 7.11. The molecule has 1 amide bonds. The van der Waals surface area contributed by atoms with Crippen molar-refractivity contribution in [2.45, 2.75) is 31.6 Å². The van der Waals surface area contributed by atoms with Crippen LogP contribution in [0.4, 0.5) is 0 Å². The number of nitrogens with two attached hydrogens (primary N) is 1. The zero-order valence-corrected chi connectivity index (χ0v) is 13.5. The summed E-state index contributed by atoms with van der Waals surface area (Å²) in [5.41, 5.74) is 6.21. The van der Waals surface area contributed by atoms with Crippen molar-refractivity contribution in [1.82, 2.24) is 15.4 Å². The summed E-state index contributed by atoms with van der Waals surface area (Å²) in [6.45, 7) is 3.51. The highest BCUT2D eigenvalue weighted by Crippen LogP contribution is 2.33. The highest BCUT2D eigenvalue weighted by atomic mass is 16.5. The summed E-state index contributed by atoms with van der Waals surface area (Å²) in [7, 11) is 2.06. The Kier molecular flexibility index (Phi) is 4.77. The third-order valence-corrected chi connectivity index (χ3v) is 5.02. The molecule has 1 aromatic rings. The molecule has 3 rings (SSSR count). The van der Waals surface area contributed by atoms with Crippen LogP contribution in [0.1, 0.15) is 58.2 Å².